The Morgan fingerprint density at radius 1 is 0.897 bits per heavy atom. The first-order chi connectivity index (χ1) is 13.5. The minimum absolute atomic E-state index is 0.172. The smallest absolute Gasteiger partial charge is 0.266 e. The van der Waals surface area contributed by atoms with Crippen molar-refractivity contribution in [3.05, 3.63) is 75.7 Å². The van der Waals surface area contributed by atoms with Gasteiger partial charge < -0.3 is 0 Å². The molecule has 0 unspecified atom stereocenters. The van der Waals surface area contributed by atoms with Gasteiger partial charge in [-0.2, -0.15) is 8.42 Å². The molecule has 1 heterocycles. The molecule has 0 radical (unpaired) electrons. The Morgan fingerprint density at radius 2 is 1.38 bits per heavy atom. The summed E-state index contributed by atoms with van der Waals surface area (Å²) in [5.41, 5.74) is -0.590. The van der Waals surface area contributed by atoms with Crippen LogP contribution in [0.4, 0.5) is 0 Å². The molecule has 0 atom stereocenters. The van der Waals surface area contributed by atoms with Gasteiger partial charge in [-0.15, -0.1) is 9.19 Å². The lowest BCUT2D eigenvalue weighted by molar-refractivity contribution is 0.0975. The number of nitrogens with one attached hydrogen (secondary N) is 2. The molecule has 29 heavy (non-hydrogen) atoms. The number of aromatic amines is 1. The predicted octanol–water partition coefficient (Wildman–Crippen LogP) is 0.544. The van der Waals surface area contributed by atoms with Crippen molar-refractivity contribution >= 4 is 26.0 Å². The highest BCUT2D eigenvalue weighted by Gasteiger charge is 2.28. The molecule has 2 N–H and O–H groups in total. The van der Waals surface area contributed by atoms with Gasteiger partial charge in [-0.05, 0) is 38.1 Å². The van der Waals surface area contributed by atoms with Gasteiger partial charge in [0.2, 0.25) is 5.69 Å². The van der Waals surface area contributed by atoms with E-state index in [-0.39, 0.29) is 13.9 Å². The lowest BCUT2D eigenvalue weighted by Crippen LogP contribution is -2.35. The summed E-state index contributed by atoms with van der Waals surface area (Å²) < 4.78 is 51.6. The average Bonchev–Trinajstić information content (AvgIpc) is 3.04. The third-order valence-electron chi connectivity index (χ3n) is 3.97. The number of sulfonamides is 1. The molecule has 3 aromatic rings. The predicted molar refractivity (Wildman–Crippen MR) is 102 cm³/mol. The first-order valence-corrected chi connectivity index (χ1v) is 11.1. The van der Waals surface area contributed by atoms with Crippen molar-refractivity contribution in [1.29, 1.82) is 0 Å². The third kappa shape index (κ3) is 3.98. The first kappa shape index (κ1) is 20.5. The summed E-state index contributed by atoms with van der Waals surface area (Å²) in [5, 5.41) is 5.34. The Balaban J connectivity index is 1.93. The van der Waals surface area contributed by atoms with Crippen molar-refractivity contribution in [2.24, 2.45) is 0 Å². The second kappa shape index (κ2) is 7.29. The normalized spacial score (nSPS) is 11.9. The van der Waals surface area contributed by atoms with E-state index in [1.165, 1.54) is 48.5 Å². The van der Waals surface area contributed by atoms with Crippen molar-refractivity contribution in [2.45, 2.75) is 23.6 Å². The van der Waals surface area contributed by atoms with E-state index in [4.69, 9.17) is 0 Å². The van der Waals surface area contributed by atoms with Crippen molar-refractivity contribution < 1.29 is 21.6 Å². The molecule has 12 heteroatoms. The van der Waals surface area contributed by atoms with Gasteiger partial charge in [0.15, 0.2) is 0 Å². The van der Waals surface area contributed by atoms with E-state index >= 15 is 0 Å². The number of carbonyl (C=O) groups excluding carboxylic acids is 1. The van der Waals surface area contributed by atoms with E-state index in [0.717, 1.165) is 11.1 Å². The molecule has 0 aliphatic rings. The number of hydrogen-bond donors (Lipinski definition) is 2. The van der Waals surface area contributed by atoms with Crippen molar-refractivity contribution in [3.63, 3.8) is 0 Å². The number of hydrogen-bond acceptors (Lipinski definition) is 7. The zero-order valence-electron chi connectivity index (χ0n) is 15.3. The minimum Gasteiger partial charge on any atom is -0.266 e. The molecular weight excluding hydrogens is 420 g/mol. The Bertz CT molecular complexity index is 1340. The Kier molecular flexibility index (Phi) is 5.15. The molecule has 0 saturated carbocycles. The monoisotopic (exact) mass is 436 g/mol. The second-order valence-corrected chi connectivity index (χ2v) is 9.66. The van der Waals surface area contributed by atoms with Crippen LogP contribution in [0, 0.1) is 13.8 Å². The van der Waals surface area contributed by atoms with Crippen LogP contribution in [0.1, 0.15) is 21.6 Å². The Hall–Kier alpha value is -3.25. The van der Waals surface area contributed by atoms with Crippen molar-refractivity contribution in [2.75, 3.05) is 0 Å². The first-order valence-electron chi connectivity index (χ1n) is 8.16. The molecule has 0 spiro atoms. The van der Waals surface area contributed by atoms with Gasteiger partial charge in [0.25, 0.3) is 26.0 Å². The van der Waals surface area contributed by atoms with E-state index in [2.05, 4.69) is 5.10 Å². The largest absolute Gasteiger partial charge is 0.314 e. The highest BCUT2D eigenvalue weighted by Crippen LogP contribution is 2.13. The summed E-state index contributed by atoms with van der Waals surface area (Å²) in [4.78, 5) is 24.3. The van der Waals surface area contributed by atoms with E-state index in [9.17, 15) is 26.4 Å². The molecule has 10 nitrogen and oxygen atoms in total. The lowest BCUT2D eigenvalue weighted by atomic mass is 10.2. The van der Waals surface area contributed by atoms with Crippen LogP contribution in [0.25, 0.3) is 0 Å². The number of carbonyl (C=O) groups is 1. The van der Waals surface area contributed by atoms with Crippen LogP contribution < -0.4 is 10.3 Å². The molecule has 1 amide bonds. The van der Waals surface area contributed by atoms with Gasteiger partial charge in [-0.1, -0.05) is 35.4 Å². The van der Waals surface area contributed by atoms with Crippen LogP contribution in [0.3, 0.4) is 0 Å². The van der Waals surface area contributed by atoms with Gasteiger partial charge in [0, 0.05) is 0 Å². The molecule has 0 saturated heterocycles. The van der Waals surface area contributed by atoms with Gasteiger partial charge in [-0.25, -0.2) is 18.4 Å². The number of amides is 1. The maximum Gasteiger partial charge on any atom is 0.314 e. The molecule has 2 aromatic carbocycles. The number of rotatable bonds is 5. The van der Waals surface area contributed by atoms with Gasteiger partial charge in [-0.3, -0.25) is 9.59 Å². The van der Waals surface area contributed by atoms with E-state index in [1.54, 1.807) is 18.6 Å². The standard InChI is InChI=1S/C17H16N4O6S2/c1-11-3-7-13(8-4-11)28(24,25)19-16(22)15-17(23)21(20-18-15)29(26,27)14-9-5-12(2)6-10-14/h3-10,20H,1-2H3,(H,19,22). The topological polar surface area (TPSA) is 148 Å². The molecule has 3 rings (SSSR count). The van der Waals surface area contributed by atoms with Crippen LogP contribution in [0.2, 0.25) is 0 Å². The SMILES string of the molecule is Cc1ccc(S(=O)(=O)NC(=O)c2n[nH]n(S(=O)(=O)c3ccc(C)cc3)c2=O)cc1. The average molecular weight is 436 g/mol. The minimum atomic E-state index is -4.34. The van der Waals surface area contributed by atoms with E-state index < -0.39 is 37.2 Å². The highest BCUT2D eigenvalue weighted by atomic mass is 32.2. The molecule has 1 aromatic heterocycles. The maximum absolute atomic E-state index is 12.6. The molecule has 0 bridgehead atoms. The molecule has 152 valence electrons. The number of aryl methyl sites for hydroxylation is 2. The van der Waals surface area contributed by atoms with Crippen LogP contribution in [0.15, 0.2) is 63.1 Å². The van der Waals surface area contributed by atoms with E-state index in [1.807, 2.05) is 5.21 Å². The lowest BCUT2D eigenvalue weighted by Gasteiger charge is -2.05. The fourth-order valence-electron chi connectivity index (χ4n) is 2.36. The van der Waals surface area contributed by atoms with Gasteiger partial charge in [0.1, 0.15) is 0 Å². The molecule has 0 aliphatic carbocycles. The zero-order valence-corrected chi connectivity index (χ0v) is 16.9. The van der Waals surface area contributed by atoms with Crippen molar-refractivity contribution in [1.82, 2.24) is 19.1 Å². The number of benzene rings is 2. The summed E-state index contributed by atoms with van der Waals surface area (Å²) in [6.07, 6.45) is 0. The molecule has 0 aliphatic heterocycles. The van der Waals surface area contributed by atoms with Crippen LogP contribution in [0.5, 0.6) is 0 Å². The van der Waals surface area contributed by atoms with Gasteiger partial charge in [0.05, 0.1) is 9.79 Å². The summed E-state index contributed by atoms with van der Waals surface area (Å²) >= 11 is 0. The van der Waals surface area contributed by atoms with Crippen LogP contribution in [-0.4, -0.2) is 37.1 Å². The third-order valence-corrected chi connectivity index (χ3v) is 6.92. The number of aromatic nitrogens is 3. The fraction of sp³-hybridized carbons (Fsp3) is 0.118. The highest BCUT2D eigenvalue weighted by molar-refractivity contribution is 7.90. The second-order valence-electron chi connectivity index (χ2n) is 6.20. The number of nitrogens with zero attached hydrogens (tertiary/aromatic N) is 2. The quantitative estimate of drug-likeness (QED) is 0.593. The van der Waals surface area contributed by atoms with Gasteiger partial charge >= 0.3 is 5.56 Å². The molecule has 0 fully saturated rings. The van der Waals surface area contributed by atoms with Crippen molar-refractivity contribution in [3.8, 4) is 0 Å². The van der Waals surface area contributed by atoms with Crippen LogP contribution in [-0.2, 0) is 20.0 Å². The maximum atomic E-state index is 12.6. The van der Waals surface area contributed by atoms with Crippen LogP contribution >= 0.6 is 0 Å². The summed E-state index contributed by atoms with van der Waals surface area (Å²) in [6.45, 7) is 3.52. The summed E-state index contributed by atoms with van der Waals surface area (Å²) in [7, 11) is -8.62. The number of H-pyrrole nitrogens is 1. The fourth-order valence-corrected chi connectivity index (χ4v) is 4.45. The summed E-state index contributed by atoms with van der Waals surface area (Å²) in [6, 6.07) is 11.3. The Morgan fingerprint density at radius 3 is 1.90 bits per heavy atom. The Labute approximate surface area is 166 Å². The summed E-state index contributed by atoms with van der Waals surface area (Å²) in [5.74, 6) is -1.36. The van der Waals surface area contributed by atoms with E-state index in [0.29, 0.717) is 0 Å². The molecular formula is C17H16N4O6S2. The zero-order chi connectivity index (χ0) is 21.4.